The molecule has 0 aliphatic heterocycles. The Labute approximate surface area is 221 Å². The monoisotopic (exact) mass is 566 g/mol. The molecule has 0 amide bonds. The van der Waals surface area contributed by atoms with Gasteiger partial charge in [0.2, 0.25) is 0 Å². The van der Waals surface area contributed by atoms with Crippen molar-refractivity contribution in [3.05, 3.63) is 70.3 Å². The molecule has 0 spiro atoms. The Morgan fingerprint density at radius 2 is 1.82 bits per heavy atom. The Morgan fingerprint density at radius 1 is 1.05 bits per heavy atom. The van der Waals surface area contributed by atoms with Crippen molar-refractivity contribution in [2.45, 2.75) is 13.3 Å². The third-order valence-electron chi connectivity index (χ3n) is 5.45. The first kappa shape index (κ1) is 25.6. The fourth-order valence-electron chi connectivity index (χ4n) is 3.94. The first-order chi connectivity index (χ1) is 18.0. The average Bonchev–Trinajstić information content (AvgIpc) is 3.36. The number of fused-ring (bicyclic) bond motifs is 2. The molecule has 13 heteroatoms. The Kier molecular flexibility index (Phi) is 6.49. The lowest BCUT2D eigenvalue weighted by Gasteiger charge is -2.11. The summed E-state index contributed by atoms with van der Waals surface area (Å²) >= 11 is 12.2. The van der Waals surface area contributed by atoms with E-state index in [-0.39, 0.29) is 27.7 Å². The molecule has 0 saturated carbocycles. The summed E-state index contributed by atoms with van der Waals surface area (Å²) < 4.78 is 61.4. The number of hydrogen-bond donors (Lipinski definition) is 1. The van der Waals surface area contributed by atoms with Crippen LogP contribution in [0.1, 0.15) is 5.69 Å². The first-order valence-electron chi connectivity index (χ1n) is 10.8. The number of aromatic nitrogens is 2. The second kappa shape index (κ2) is 9.66. The minimum absolute atomic E-state index is 0.0495. The molecule has 5 rings (SSSR count). The van der Waals surface area contributed by atoms with Crippen molar-refractivity contribution in [1.29, 1.82) is 0 Å². The molecule has 0 aliphatic carbocycles. The summed E-state index contributed by atoms with van der Waals surface area (Å²) in [5, 5.41) is 14.5. The van der Waals surface area contributed by atoms with Crippen LogP contribution in [0.2, 0.25) is 10.0 Å². The third kappa shape index (κ3) is 5.02. The van der Waals surface area contributed by atoms with Gasteiger partial charge in [0.15, 0.2) is 23.8 Å². The summed E-state index contributed by atoms with van der Waals surface area (Å²) in [4.78, 5) is 10.9. The zero-order chi connectivity index (χ0) is 27.2. The molecule has 5 aromatic rings. The van der Waals surface area contributed by atoms with E-state index in [0.717, 1.165) is 0 Å². The highest BCUT2D eigenvalue weighted by Crippen LogP contribution is 2.42. The van der Waals surface area contributed by atoms with Crippen LogP contribution in [0.3, 0.4) is 0 Å². The molecule has 0 aliphatic rings. The van der Waals surface area contributed by atoms with Crippen LogP contribution in [-0.4, -0.2) is 33.8 Å². The van der Waals surface area contributed by atoms with Crippen molar-refractivity contribution in [3.63, 3.8) is 0 Å². The maximum Gasteiger partial charge on any atom is 0.573 e. The van der Waals surface area contributed by atoms with E-state index in [2.05, 4.69) is 9.89 Å². The van der Waals surface area contributed by atoms with Gasteiger partial charge in [-0.15, -0.1) is 13.2 Å². The Bertz CT molecular complexity index is 1700. The van der Waals surface area contributed by atoms with E-state index in [4.69, 9.17) is 42.3 Å². The Hall–Kier alpha value is -4.09. The highest BCUT2D eigenvalue weighted by molar-refractivity contribution is 6.32. The SMILES string of the molecule is Cc1c(Oc2ccc(Cl)c(OCC(=O)O)c2)c2cc(OC(F)(F)F)ccc2n1-c1noc2cc(Cl)ccc12. The van der Waals surface area contributed by atoms with Gasteiger partial charge in [0.05, 0.1) is 21.6 Å². The fourth-order valence-corrected chi connectivity index (χ4v) is 4.28. The molecule has 0 atom stereocenters. The van der Waals surface area contributed by atoms with E-state index in [1.807, 2.05) is 0 Å². The summed E-state index contributed by atoms with van der Waals surface area (Å²) in [6, 6.07) is 13.1. The maximum atomic E-state index is 13.0. The Morgan fingerprint density at radius 3 is 2.55 bits per heavy atom. The maximum absolute atomic E-state index is 13.0. The zero-order valence-electron chi connectivity index (χ0n) is 19.2. The summed E-state index contributed by atoms with van der Waals surface area (Å²) in [5.41, 5.74) is 1.33. The normalized spacial score (nSPS) is 11.7. The molecular formula is C25H15Cl2F3N2O6. The number of aliphatic carboxylic acids is 1. The van der Waals surface area contributed by atoms with Crippen molar-refractivity contribution >= 4 is 51.0 Å². The van der Waals surface area contributed by atoms with E-state index in [0.29, 0.717) is 33.0 Å². The summed E-state index contributed by atoms with van der Waals surface area (Å²) in [6.45, 7) is 1.05. The van der Waals surface area contributed by atoms with Crippen LogP contribution in [0.5, 0.6) is 23.0 Å². The van der Waals surface area contributed by atoms with Gasteiger partial charge in [0.1, 0.15) is 17.2 Å². The molecule has 3 aromatic carbocycles. The molecule has 2 heterocycles. The minimum atomic E-state index is -4.90. The van der Waals surface area contributed by atoms with E-state index in [1.165, 1.54) is 36.4 Å². The van der Waals surface area contributed by atoms with Crippen molar-refractivity contribution in [1.82, 2.24) is 9.72 Å². The Balaban J connectivity index is 1.67. The highest BCUT2D eigenvalue weighted by Gasteiger charge is 2.32. The van der Waals surface area contributed by atoms with Crippen molar-refractivity contribution < 1.29 is 41.8 Å². The van der Waals surface area contributed by atoms with E-state index in [9.17, 15) is 18.0 Å². The van der Waals surface area contributed by atoms with Gasteiger partial charge >= 0.3 is 12.3 Å². The van der Waals surface area contributed by atoms with Gasteiger partial charge in [-0.25, -0.2) is 4.79 Å². The van der Waals surface area contributed by atoms with Crippen LogP contribution in [0, 0.1) is 6.92 Å². The van der Waals surface area contributed by atoms with Gasteiger partial charge in [0.25, 0.3) is 0 Å². The predicted octanol–water partition coefficient (Wildman–Crippen LogP) is 7.54. The molecular weight excluding hydrogens is 552 g/mol. The number of alkyl halides is 3. The number of rotatable bonds is 7. The number of carbonyl (C=O) groups is 1. The molecule has 38 heavy (non-hydrogen) atoms. The third-order valence-corrected chi connectivity index (χ3v) is 6.00. The van der Waals surface area contributed by atoms with Gasteiger partial charge in [-0.3, -0.25) is 4.57 Å². The van der Waals surface area contributed by atoms with Crippen LogP contribution in [-0.2, 0) is 4.79 Å². The van der Waals surface area contributed by atoms with Crippen LogP contribution in [0.4, 0.5) is 13.2 Å². The molecule has 0 bridgehead atoms. The number of nitrogens with zero attached hydrogens (tertiary/aromatic N) is 2. The van der Waals surface area contributed by atoms with E-state index >= 15 is 0 Å². The highest BCUT2D eigenvalue weighted by atomic mass is 35.5. The van der Waals surface area contributed by atoms with Crippen LogP contribution < -0.4 is 14.2 Å². The van der Waals surface area contributed by atoms with Gasteiger partial charge < -0.3 is 23.8 Å². The summed E-state index contributed by atoms with van der Waals surface area (Å²) in [6.07, 6.45) is -4.90. The molecule has 1 N–H and O–H groups in total. The molecule has 2 aromatic heterocycles. The molecule has 0 saturated heterocycles. The van der Waals surface area contributed by atoms with Gasteiger partial charge in [0, 0.05) is 22.5 Å². The van der Waals surface area contributed by atoms with Crippen LogP contribution in [0.15, 0.2) is 59.1 Å². The lowest BCUT2D eigenvalue weighted by molar-refractivity contribution is -0.274. The number of hydrogen-bond acceptors (Lipinski definition) is 6. The topological polar surface area (TPSA) is 96.0 Å². The lowest BCUT2D eigenvalue weighted by atomic mass is 10.2. The van der Waals surface area contributed by atoms with Gasteiger partial charge in [-0.05, 0) is 49.4 Å². The molecule has 8 nitrogen and oxygen atoms in total. The molecule has 196 valence electrons. The summed E-state index contributed by atoms with van der Waals surface area (Å²) in [5.74, 6) is -0.872. The number of carboxylic acids is 1. The van der Waals surface area contributed by atoms with Crippen molar-refractivity contribution in [2.75, 3.05) is 6.61 Å². The zero-order valence-corrected chi connectivity index (χ0v) is 20.7. The second-order valence-corrected chi connectivity index (χ2v) is 8.84. The minimum Gasteiger partial charge on any atom is -0.480 e. The van der Waals surface area contributed by atoms with Crippen LogP contribution >= 0.6 is 23.2 Å². The lowest BCUT2D eigenvalue weighted by Crippen LogP contribution is -2.17. The standard InChI is InChI=1S/C25H15Cl2F3N2O6/c1-12-23(36-14-3-6-18(27)21(10-14)35-11-22(33)34)17-9-15(37-25(28,29)30)4-7-19(17)32(12)24-16-5-2-13(26)8-20(16)38-31-24/h2-10H,11H2,1H3,(H,33,34). The van der Waals surface area contributed by atoms with Gasteiger partial charge in [-0.2, -0.15) is 0 Å². The average molecular weight is 567 g/mol. The predicted molar refractivity (Wildman–Crippen MR) is 132 cm³/mol. The number of halogens is 5. The van der Waals surface area contributed by atoms with Crippen molar-refractivity contribution in [3.8, 4) is 28.8 Å². The molecule has 0 radical (unpaired) electrons. The van der Waals surface area contributed by atoms with Crippen LogP contribution in [0.25, 0.3) is 27.7 Å². The first-order valence-corrected chi connectivity index (χ1v) is 11.5. The van der Waals surface area contributed by atoms with E-state index in [1.54, 1.807) is 29.7 Å². The quantitative estimate of drug-likeness (QED) is 0.217. The summed E-state index contributed by atoms with van der Waals surface area (Å²) in [7, 11) is 0. The number of carboxylic acid groups (broad SMARTS) is 1. The fraction of sp³-hybridized carbons (Fsp3) is 0.120. The molecule has 0 unspecified atom stereocenters. The van der Waals surface area contributed by atoms with Gasteiger partial charge in [-0.1, -0.05) is 28.4 Å². The van der Waals surface area contributed by atoms with Crippen molar-refractivity contribution in [2.24, 2.45) is 0 Å². The number of ether oxygens (including phenoxy) is 3. The molecule has 0 fully saturated rings. The number of benzene rings is 3. The largest absolute Gasteiger partial charge is 0.573 e. The second-order valence-electron chi connectivity index (χ2n) is 8.00. The van der Waals surface area contributed by atoms with E-state index < -0.39 is 24.7 Å². The smallest absolute Gasteiger partial charge is 0.480 e.